The Morgan fingerprint density at radius 2 is 2.14 bits per heavy atom. The molecule has 1 aromatic rings. The Kier molecular flexibility index (Phi) is 6.18. The summed E-state index contributed by atoms with van der Waals surface area (Å²) in [6.45, 7) is 4.57. The zero-order chi connectivity index (χ0) is 15.2. The number of nitrogens with two attached hydrogens (primary N) is 1. The minimum atomic E-state index is 0.00776. The Labute approximate surface area is 131 Å². The van der Waals surface area contributed by atoms with Crippen molar-refractivity contribution >= 4 is 17.2 Å². The molecular weight excluding hydrogens is 282 g/mol. The number of rotatable bonds is 6. The van der Waals surface area contributed by atoms with E-state index >= 15 is 0 Å². The van der Waals surface area contributed by atoms with Crippen molar-refractivity contribution in [2.45, 2.75) is 64.8 Å². The van der Waals surface area contributed by atoms with Crippen LogP contribution < -0.4 is 11.1 Å². The van der Waals surface area contributed by atoms with E-state index in [4.69, 9.17) is 5.73 Å². The van der Waals surface area contributed by atoms with E-state index < -0.39 is 0 Å². The molecule has 1 unspecified atom stereocenters. The van der Waals surface area contributed by atoms with E-state index in [1.54, 1.807) is 0 Å². The van der Waals surface area contributed by atoms with E-state index in [1.165, 1.54) is 43.4 Å². The lowest BCUT2D eigenvalue weighted by atomic mass is 9.84. The number of thiazole rings is 1. The molecule has 0 aromatic carbocycles. The van der Waals surface area contributed by atoms with E-state index in [0.29, 0.717) is 12.5 Å². The van der Waals surface area contributed by atoms with Crippen LogP contribution in [-0.2, 0) is 6.42 Å². The van der Waals surface area contributed by atoms with Gasteiger partial charge >= 0.3 is 0 Å². The van der Waals surface area contributed by atoms with Crippen LogP contribution in [0.2, 0.25) is 0 Å². The Hall–Kier alpha value is -0.940. The molecule has 1 amide bonds. The van der Waals surface area contributed by atoms with Gasteiger partial charge in [0.1, 0.15) is 4.88 Å². The summed E-state index contributed by atoms with van der Waals surface area (Å²) in [5.41, 5.74) is 6.74. The number of hydrogen-bond acceptors (Lipinski definition) is 4. The van der Waals surface area contributed by atoms with E-state index in [9.17, 15) is 4.79 Å². The Bertz CT molecular complexity index is 466. The minimum absolute atomic E-state index is 0.00776. The fourth-order valence-electron chi connectivity index (χ4n) is 3.12. The van der Waals surface area contributed by atoms with Gasteiger partial charge in [0.05, 0.1) is 10.7 Å². The lowest BCUT2D eigenvalue weighted by Crippen LogP contribution is -2.45. The highest BCUT2D eigenvalue weighted by Crippen LogP contribution is 2.27. The summed E-state index contributed by atoms with van der Waals surface area (Å²) in [6, 6.07) is 0.105. The van der Waals surface area contributed by atoms with E-state index in [0.717, 1.165) is 28.4 Å². The van der Waals surface area contributed by atoms with E-state index in [2.05, 4.69) is 17.2 Å². The number of nitrogens with zero attached hydrogens (tertiary/aromatic N) is 1. The average molecular weight is 309 g/mol. The maximum absolute atomic E-state index is 12.5. The van der Waals surface area contributed by atoms with Crippen molar-refractivity contribution in [3.8, 4) is 0 Å². The molecule has 21 heavy (non-hydrogen) atoms. The molecule has 0 radical (unpaired) electrons. The number of aryl methyl sites for hydroxylation is 2. The quantitative estimate of drug-likeness (QED) is 0.848. The van der Waals surface area contributed by atoms with Crippen molar-refractivity contribution in [2.75, 3.05) is 6.54 Å². The van der Waals surface area contributed by atoms with Crippen LogP contribution in [0.1, 0.15) is 65.8 Å². The van der Waals surface area contributed by atoms with Crippen molar-refractivity contribution in [2.24, 2.45) is 11.7 Å². The number of aromatic nitrogens is 1. The number of carbonyl (C=O) groups is 1. The van der Waals surface area contributed by atoms with Gasteiger partial charge < -0.3 is 11.1 Å². The average Bonchev–Trinajstić information content (AvgIpc) is 2.86. The predicted molar refractivity (Wildman–Crippen MR) is 87.7 cm³/mol. The summed E-state index contributed by atoms with van der Waals surface area (Å²) in [6.07, 6.45) is 8.21. The van der Waals surface area contributed by atoms with Gasteiger partial charge in [0.2, 0.25) is 0 Å². The largest absolute Gasteiger partial charge is 0.347 e. The Morgan fingerprint density at radius 1 is 1.43 bits per heavy atom. The molecule has 0 bridgehead atoms. The molecule has 1 aliphatic rings. The van der Waals surface area contributed by atoms with Gasteiger partial charge in [0.25, 0.3) is 5.91 Å². The van der Waals surface area contributed by atoms with Crippen LogP contribution in [0.3, 0.4) is 0 Å². The number of amides is 1. The molecule has 1 aliphatic carbocycles. The number of carbonyl (C=O) groups excluding carboxylic acids is 1. The molecule has 1 heterocycles. The first-order chi connectivity index (χ1) is 10.2. The van der Waals surface area contributed by atoms with Gasteiger partial charge in [-0.3, -0.25) is 4.79 Å². The molecule has 0 aliphatic heterocycles. The second-order valence-electron chi connectivity index (χ2n) is 5.99. The molecule has 4 nitrogen and oxygen atoms in total. The van der Waals surface area contributed by atoms with Gasteiger partial charge in [-0.05, 0) is 38.5 Å². The van der Waals surface area contributed by atoms with Gasteiger partial charge in [0, 0.05) is 12.6 Å². The molecule has 118 valence electrons. The highest BCUT2D eigenvalue weighted by molar-refractivity contribution is 7.13. The molecule has 0 spiro atoms. The van der Waals surface area contributed by atoms with Gasteiger partial charge in [-0.15, -0.1) is 11.3 Å². The van der Waals surface area contributed by atoms with Crippen molar-refractivity contribution in [3.63, 3.8) is 0 Å². The van der Waals surface area contributed by atoms with Crippen LogP contribution >= 0.6 is 11.3 Å². The summed E-state index contributed by atoms with van der Waals surface area (Å²) in [7, 11) is 0. The van der Waals surface area contributed by atoms with Crippen LogP contribution in [0, 0.1) is 12.8 Å². The monoisotopic (exact) mass is 309 g/mol. The third-order valence-electron chi connectivity index (χ3n) is 4.30. The van der Waals surface area contributed by atoms with Crippen LogP contribution in [0.5, 0.6) is 0 Å². The molecule has 1 fully saturated rings. The second kappa shape index (κ2) is 7.90. The van der Waals surface area contributed by atoms with Gasteiger partial charge in [0.15, 0.2) is 0 Å². The molecule has 1 atom stereocenters. The van der Waals surface area contributed by atoms with Gasteiger partial charge in [-0.2, -0.15) is 0 Å². The highest BCUT2D eigenvalue weighted by Gasteiger charge is 2.25. The van der Waals surface area contributed by atoms with Crippen molar-refractivity contribution < 1.29 is 4.79 Å². The molecule has 5 heteroatoms. The zero-order valence-electron chi connectivity index (χ0n) is 13.2. The summed E-state index contributed by atoms with van der Waals surface area (Å²) in [5, 5.41) is 4.21. The van der Waals surface area contributed by atoms with Crippen molar-refractivity contribution in [3.05, 3.63) is 15.6 Å². The minimum Gasteiger partial charge on any atom is -0.347 e. The topological polar surface area (TPSA) is 68.0 Å². The number of nitrogens with one attached hydrogen (secondary N) is 1. The molecule has 1 saturated carbocycles. The third-order valence-corrected chi connectivity index (χ3v) is 5.52. The molecule has 0 saturated heterocycles. The maximum atomic E-state index is 12.5. The van der Waals surface area contributed by atoms with E-state index in [1.807, 2.05) is 6.92 Å². The first-order valence-electron chi connectivity index (χ1n) is 8.13. The lowest BCUT2D eigenvalue weighted by molar-refractivity contribution is 0.0919. The fraction of sp³-hybridized carbons (Fsp3) is 0.750. The van der Waals surface area contributed by atoms with E-state index in [-0.39, 0.29) is 11.9 Å². The van der Waals surface area contributed by atoms with Crippen LogP contribution in [0.4, 0.5) is 0 Å². The Balaban J connectivity index is 2.01. The highest BCUT2D eigenvalue weighted by atomic mass is 32.1. The van der Waals surface area contributed by atoms with Crippen molar-refractivity contribution in [1.29, 1.82) is 0 Å². The second-order valence-corrected chi connectivity index (χ2v) is 7.07. The normalized spacial score (nSPS) is 17.7. The van der Waals surface area contributed by atoms with Crippen LogP contribution in [0.15, 0.2) is 0 Å². The summed E-state index contributed by atoms with van der Waals surface area (Å²) in [5.74, 6) is 0.546. The molecule has 3 N–H and O–H groups in total. The summed E-state index contributed by atoms with van der Waals surface area (Å²) >= 11 is 1.53. The SMILES string of the molecule is CCCc1nc(C)c(C(=O)NC(CN)C2CCCCC2)s1. The number of hydrogen-bond donors (Lipinski definition) is 2. The maximum Gasteiger partial charge on any atom is 0.263 e. The molecular formula is C16H27N3OS. The summed E-state index contributed by atoms with van der Waals surface area (Å²) < 4.78 is 0. The predicted octanol–water partition coefficient (Wildman–Crippen LogP) is 3.04. The van der Waals surface area contributed by atoms with Crippen LogP contribution in [0.25, 0.3) is 0 Å². The lowest BCUT2D eigenvalue weighted by Gasteiger charge is -2.29. The fourth-order valence-corrected chi connectivity index (χ4v) is 4.19. The van der Waals surface area contributed by atoms with Gasteiger partial charge in [-0.1, -0.05) is 26.2 Å². The summed E-state index contributed by atoms with van der Waals surface area (Å²) in [4.78, 5) is 17.7. The van der Waals surface area contributed by atoms with Crippen molar-refractivity contribution in [1.82, 2.24) is 10.3 Å². The first-order valence-corrected chi connectivity index (χ1v) is 8.94. The van der Waals surface area contributed by atoms with Gasteiger partial charge in [-0.25, -0.2) is 4.98 Å². The first kappa shape index (κ1) is 16.4. The Morgan fingerprint density at radius 3 is 2.76 bits per heavy atom. The molecule has 2 rings (SSSR count). The zero-order valence-corrected chi connectivity index (χ0v) is 14.0. The standard InChI is InChI=1S/C16H27N3OS/c1-3-7-14-18-11(2)15(21-14)16(20)19-13(10-17)12-8-5-4-6-9-12/h12-13H,3-10,17H2,1-2H3,(H,19,20). The third kappa shape index (κ3) is 4.27. The smallest absolute Gasteiger partial charge is 0.263 e. The van der Waals surface area contributed by atoms with Crippen LogP contribution in [-0.4, -0.2) is 23.5 Å². The molecule has 1 aromatic heterocycles.